The number of alkyl halides is 10. The van der Waals surface area contributed by atoms with Crippen LogP contribution in [0.4, 0.5) is 43.9 Å². The van der Waals surface area contributed by atoms with Gasteiger partial charge in [-0.1, -0.05) is 102 Å². The molecule has 1 heterocycles. The number of rotatable bonds is 57. The van der Waals surface area contributed by atoms with E-state index in [1.165, 1.54) is 128 Å². The van der Waals surface area contributed by atoms with E-state index in [1.54, 1.807) is 0 Å². The topological polar surface area (TPSA) is 241 Å². The Labute approximate surface area is 575 Å². The number of aromatic nitrogens is 3. The lowest BCUT2D eigenvalue weighted by atomic mass is 10.2. The van der Waals surface area contributed by atoms with E-state index in [0.29, 0.717) is 120 Å². The third-order valence-electron chi connectivity index (χ3n) is 18.3. The van der Waals surface area contributed by atoms with Crippen molar-refractivity contribution in [2.45, 2.75) is 207 Å². The Kier molecular flexibility index (Phi) is 43.5. The van der Waals surface area contributed by atoms with Gasteiger partial charge in [0, 0.05) is 184 Å². The maximum atomic E-state index is 16.1. The lowest BCUT2D eigenvalue weighted by Gasteiger charge is -2.36. The lowest BCUT2D eigenvalue weighted by molar-refractivity contribution is -0.485. The predicted octanol–water partition coefficient (Wildman–Crippen LogP) is 10.9. The first-order valence-corrected chi connectivity index (χ1v) is 48.0. The second-order valence-electron chi connectivity index (χ2n) is 23.1. The molecule has 0 radical (unpaired) electrons. The fourth-order valence-corrected chi connectivity index (χ4v) is 35.0. The molecule has 0 aliphatic rings. The zero-order valence-electron chi connectivity index (χ0n) is 58.8. The molecular formula is C54H115F10N3O22Si8. The summed E-state index contributed by atoms with van der Waals surface area (Å²) in [6.07, 6.45) is -11.2. The van der Waals surface area contributed by atoms with Gasteiger partial charge in [-0.25, -0.2) is 32.8 Å². The summed E-state index contributed by atoms with van der Waals surface area (Å²) in [6.45, 7) is -4.98. The molecule has 0 fully saturated rings. The van der Waals surface area contributed by atoms with Crippen LogP contribution in [0.15, 0.2) is 14.4 Å². The van der Waals surface area contributed by atoms with E-state index in [4.69, 9.17) is 79.7 Å². The summed E-state index contributed by atoms with van der Waals surface area (Å²) in [7, 11) is 1.03. The summed E-state index contributed by atoms with van der Waals surface area (Å²) < 4.78 is 255. The fourth-order valence-electron chi connectivity index (χ4n) is 12.2. The summed E-state index contributed by atoms with van der Waals surface area (Å²) in [5.74, 6) is -18.8. The molecule has 0 atom stereocenters. The molecule has 0 saturated carbocycles. The smallest absolute Gasteiger partial charge is 0.377 e. The Hall–Kier alpha value is -1.31. The average molecular weight is 1570 g/mol. The van der Waals surface area contributed by atoms with Gasteiger partial charge in [-0.3, -0.25) is 0 Å². The van der Waals surface area contributed by atoms with Crippen LogP contribution in [0, 0.1) is 0 Å². The fraction of sp³-hybridized carbons (Fsp3) is 0.944. The summed E-state index contributed by atoms with van der Waals surface area (Å²) in [5.41, 5.74) is -5.21. The van der Waals surface area contributed by atoms with Crippen molar-refractivity contribution in [2.24, 2.45) is 0 Å². The predicted molar refractivity (Wildman–Crippen MR) is 361 cm³/mol. The number of nitrogens with zero attached hydrogens (tertiary/aromatic N) is 3. The molecule has 0 saturated heterocycles. The van der Waals surface area contributed by atoms with Crippen molar-refractivity contribution in [1.29, 1.82) is 0 Å². The van der Waals surface area contributed by atoms with Crippen molar-refractivity contribution in [3.8, 4) is 0 Å². The molecule has 0 bridgehead atoms. The Morgan fingerprint density at radius 3 is 0.660 bits per heavy atom. The minimum absolute atomic E-state index is 0. The SMILES string of the molecule is C.C.CO[Si](CCC[Si](CCCn1c(=O)n(CCC[Si](CCC[Si](OC)(OC)OC)(CCC[Si](OC)(OC)OC)CCC[Si](OC)(OC)OC)c(=O)n(CC(F)(F)C(F)(F)OC(F)(F)C(F)(F)C(C)(F)F)c1=O)(CCC[Si](OC)(OC)OC)CCC[Si](OC)(OC)OC)(OC)OC. The average Bonchev–Trinajstić information content (AvgIpc) is 0.753. The molecule has 1 aromatic heterocycles. The molecule has 0 unspecified atom stereocenters. The van der Waals surface area contributed by atoms with Crippen LogP contribution >= 0.6 is 0 Å². The normalized spacial score (nSPS) is 13.9. The largest absolute Gasteiger partial charge is 0.500 e. The van der Waals surface area contributed by atoms with E-state index in [-0.39, 0.29) is 39.8 Å². The quantitative estimate of drug-likeness (QED) is 0.0435. The highest BCUT2D eigenvalue weighted by molar-refractivity contribution is 6.81. The molecule has 0 aliphatic heterocycles. The van der Waals surface area contributed by atoms with Gasteiger partial charge in [0.25, 0.3) is 0 Å². The summed E-state index contributed by atoms with van der Waals surface area (Å²) in [4.78, 5) is 44.3. The molecule has 1 aromatic rings. The molecule has 1 rings (SSSR count). The molecular weight excluding hydrogens is 1460 g/mol. The highest BCUT2D eigenvalue weighted by Crippen LogP contribution is 2.51. The van der Waals surface area contributed by atoms with Crippen molar-refractivity contribution in [2.75, 3.05) is 128 Å². The van der Waals surface area contributed by atoms with E-state index in [1.807, 2.05) is 0 Å². The van der Waals surface area contributed by atoms with Crippen LogP contribution in [0.25, 0.3) is 0 Å². The maximum Gasteiger partial charge on any atom is 0.500 e. The van der Waals surface area contributed by atoms with E-state index in [0.717, 1.165) is 0 Å². The zero-order valence-corrected chi connectivity index (χ0v) is 66.8. The standard InChI is InChI=1S/C52H107F10N3O22Si8.2CH4/c1-48(53,54)50(57,58)52(61,62)87-51(59,60)49(55,56)44-65-46(67)63(28-20-30-88(32-22-38-90(69-2,70-3)71-4,33-23-39-91(72-5,73-6)74-7)34-24-40-92(75-8,76-9)77-10)45(66)64(47(65)68)29-21-31-89(35-25-41-93(78-11,79-12)80-13,36-26-42-94(81-14,82-15)83-16)37-27-43-95(84-17,85-18)86-19;;/h20-44H2,1-19H3;2*1H4. The third-order valence-corrected chi connectivity index (χ3v) is 46.6. The minimum atomic E-state index is -6.98. The molecule has 25 nitrogen and oxygen atoms in total. The Morgan fingerprint density at radius 2 is 0.474 bits per heavy atom. The van der Waals surface area contributed by atoms with Crippen LogP contribution < -0.4 is 17.1 Å². The summed E-state index contributed by atoms with van der Waals surface area (Å²) >= 11 is 0. The van der Waals surface area contributed by atoms with E-state index in [9.17, 15) is 35.9 Å². The third kappa shape index (κ3) is 26.1. The van der Waals surface area contributed by atoms with Crippen molar-refractivity contribution in [1.82, 2.24) is 13.7 Å². The van der Waals surface area contributed by atoms with Crippen LogP contribution in [-0.2, 0) is 104 Å². The molecule has 0 amide bonds. The number of hydrogen-bond acceptors (Lipinski definition) is 22. The molecule has 43 heteroatoms. The van der Waals surface area contributed by atoms with Crippen LogP contribution in [0.1, 0.15) is 73.1 Å². The molecule has 0 aromatic carbocycles. The number of hydrogen-bond donors (Lipinski definition) is 0. The van der Waals surface area contributed by atoms with Crippen molar-refractivity contribution in [3.63, 3.8) is 0 Å². The Balaban J connectivity index is 0. The van der Waals surface area contributed by atoms with Gasteiger partial charge in [-0.05, 0) is 12.8 Å². The first-order valence-electron chi connectivity index (χ1n) is 30.8. The van der Waals surface area contributed by atoms with E-state index < -0.39 is 147 Å². The number of ether oxygens (including phenoxy) is 1. The van der Waals surface area contributed by atoms with Crippen molar-refractivity contribution >= 4 is 69.0 Å². The minimum Gasteiger partial charge on any atom is -0.377 e. The highest BCUT2D eigenvalue weighted by atomic mass is 28.4. The van der Waals surface area contributed by atoms with Gasteiger partial charge in [-0.15, -0.1) is 0 Å². The lowest BCUT2D eigenvalue weighted by Crippen LogP contribution is -2.61. The van der Waals surface area contributed by atoms with Crippen LogP contribution in [-0.4, -0.2) is 241 Å². The molecule has 580 valence electrons. The molecule has 0 aliphatic carbocycles. The Morgan fingerprint density at radius 1 is 0.289 bits per heavy atom. The van der Waals surface area contributed by atoms with Gasteiger partial charge < -0.3 is 79.7 Å². The summed E-state index contributed by atoms with van der Waals surface area (Å²) in [6, 6.07) is 5.60. The van der Waals surface area contributed by atoms with Crippen LogP contribution in [0.2, 0.25) is 84.6 Å². The van der Waals surface area contributed by atoms with Gasteiger partial charge in [0.05, 0.1) is 16.1 Å². The monoisotopic (exact) mass is 1570 g/mol. The summed E-state index contributed by atoms with van der Waals surface area (Å²) in [5, 5.41) is 0. The van der Waals surface area contributed by atoms with E-state index >= 15 is 22.4 Å². The van der Waals surface area contributed by atoms with Crippen LogP contribution in [0.3, 0.4) is 0 Å². The highest BCUT2D eigenvalue weighted by Gasteiger charge is 2.76. The maximum absolute atomic E-state index is 16.1. The molecule has 97 heavy (non-hydrogen) atoms. The van der Waals surface area contributed by atoms with Crippen molar-refractivity contribution < 1.29 is 128 Å². The van der Waals surface area contributed by atoms with Gasteiger partial charge in [0.1, 0.15) is 6.54 Å². The molecule has 0 N–H and O–H groups in total. The van der Waals surface area contributed by atoms with Gasteiger partial charge in [-0.2, -0.15) is 43.9 Å². The molecule has 0 spiro atoms. The zero-order chi connectivity index (χ0) is 73.1. The second kappa shape index (κ2) is 43.2. The second-order valence-corrected chi connectivity index (χ2v) is 51.7. The number of halogens is 10. The van der Waals surface area contributed by atoms with Gasteiger partial charge in [0.2, 0.25) is 0 Å². The first kappa shape index (κ1) is 97.7. The van der Waals surface area contributed by atoms with Crippen LogP contribution in [0.5, 0.6) is 0 Å². The van der Waals surface area contributed by atoms with E-state index in [2.05, 4.69) is 4.74 Å². The van der Waals surface area contributed by atoms with Gasteiger partial charge >= 0.3 is 99.9 Å². The van der Waals surface area contributed by atoms with Crippen molar-refractivity contribution in [3.05, 3.63) is 31.5 Å². The van der Waals surface area contributed by atoms with Gasteiger partial charge in [0.15, 0.2) is 0 Å². The Bertz CT molecular complexity index is 2230. The first-order chi connectivity index (χ1) is 44.3.